The van der Waals surface area contributed by atoms with Gasteiger partial charge in [-0.05, 0) is 44.0 Å². The number of nitrogens with one attached hydrogen (secondary N) is 4. The van der Waals surface area contributed by atoms with Gasteiger partial charge >= 0.3 is 6.03 Å². The Morgan fingerprint density at radius 1 is 1.14 bits per heavy atom. The molecule has 0 aromatic heterocycles. The van der Waals surface area contributed by atoms with Crippen LogP contribution in [-0.2, 0) is 4.79 Å². The summed E-state index contributed by atoms with van der Waals surface area (Å²) in [6.45, 7) is 1.64. The maximum atomic E-state index is 11.9. The Morgan fingerprint density at radius 2 is 1.77 bits per heavy atom. The molecule has 22 heavy (non-hydrogen) atoms. The van der Waals surface area contributed by atoms with Gasteiger partial charge in [0.15, 0.2) is 0 Å². The van der Waals surface area contributed by atoms with Crippen LogP contribution in [0.3, 0.4) is 0 Å². The zero-order valence-corrected chi connectivity index (χ0v) is 12.6. The van der Waals surface area contributed by atoms with E-state index >= 15 is 0 Å². The number of imide groups is 1. The molecule has 0 heterocycles. The molecule has 0 aliphatic heterocycles. The molecule has 1 aromatic carbocycles. The first kappa shape index (κ1) is 15.8. The van der Waals surface area contributed by atoms with Crippen molar-refractivity contribution in [1.82, 2.24) is 16.0 Å². The van der Waals surface area contributed by atoms with Gasteiger partial charge in [-0.15, -0.1) is 0 Å². The summed E-state index contributed by atoms with van der Waals surface area (Å²) >= 11 is 0. The van der Waals surface area contributed by atoms with E-state index in [1.807, 2.05) is 0 Å². The Kier molecular flexibility index (Phi) is 4.98. The Bertz CT molecular complexity index is 567. The molecule has 1 saturated carbocycles. The van der Waals surface area contributed by atoms with Crippen molar-refractivity contribution in [2.24, 2.45) is 0 Å². The largest absolute Gasteiger partial charge is 0.374 e. The first-order chi connectivity index (χ1) is 10.5. The van der Waals surface area contributed by atoms with Gasteiger partial charge in [0.2, 0.25) is 5.91 Å². The second-order valence-corrected chi connectivity index (χ2v) is 5.26. The van der Waals surface area contributed by atoms with E-state index in [-0.39, 0.29) is 5.91 Å². The topological polar surface area (TPSA) is 99.3 Å². The predicted molar refractivity (Wildman–Crippen MR) is 82.6 cm³/mol. The summed E-state index contributed by atoms with van der Waals surface area (Å²) in [6, 6.07) is 6.04. The molecule has 0 saturated heterocycles. The molecule has 1 unspecified atom stereocenters. The fourth-order valence-corrected chi connectivity index (χ4v) is 1.81. The lowest BCUT2D eigenvalue weighted by molar-refractivity contribution is -0.120. The average molecular weight is 304 g/mol. The first-order valence-corrected chi connectivity index (χ1v) is 7.19. The van der Waals surface area contributed by atoms with Gasteiger partial charge in [-0.3, -0.25) is 14.9 Å². The monoisotopic (exact) mass is 304 g/mol. The highest BCUT2D eigenvalue weighted by molar-refractivity contribution is 5.98. The van der Waals surface area contributed by atoms with Crippen molar-refractivity contribution >= 4 is 23.5 Å². The van der Waals surface area contributed by atoms with Crippen molar-refractivity contribution in [2.45, 2.75) is 31.8 Å². The lowest BCUT2D eigenvalue weighted by Crippen LogP contribution is -2.44. The Hall–Kier alpha value is -2.57. The third kappa shape index (κ3) is 4.47. The highest BCUT2D eigenvalue weighted by Gasteiger charge is 2.23. The maximum Gasteiger partial charge on any atom is 0.321 e. The van der Waals surface area contributed by atoms with Gasteiger partial charge in [0, 0.05) is 24.3 Å². The third-order valence-corrected chi connectivity index (χ3v) is 3.30. The van der Waals surface area contributed by atoms with Crippen LogP contribution in [0.5, 0.6) is 0 Å². The molecule has 1 atom stereocenters. The van der Waals surface area contributed by atoms with Crippen molar-refractivity contribution < 1.29 is 14.4 Å². The van der Waals surface area contributed by atoms with E-state index < -0.39 is 18.0 Å². The van der Waals surface area contributed by atoms with Crippen LogP contribution in [0.4, 0.5) is 10.5 Å². The van der Waals surface area contributed by atoms with Gasteiger partial charge in [0.1, 0.15) is 6.04 Å². The minimum absolute atomic E-state index is 0.0838. The highest BCUT2D eigenvalue weighted by Crippen LogP contribution is 2.19. The van der Waals surface area contributed by atoms with Gasteiger partial charge in [-0.2, -0.15) is 0 Å². The minimum atomic E-state index is -0.580. The number of anilines is 1. The lowest BCUT2D eigenvalue weighted by atomic mass is 10.2. The van der Waals surface area contributed by atoms with Gasteiger partial charge in [-0.1, -0.05) is 0 Å². The Balaban J connectivity index is 1.88. The summed E-state index contributed by atoms with van der Waals surface area (Å²) in [4.78, 5) is 34.6. The first-order valence-electron chi connectivity index (χ1n) is 7.19. The van der Waals surface area contributed by atoms with Gasteiger partial charge in [0.25, 0.3) is 5.91 Å². The smallest absolute Gasteiger partial charge is 0.321 e. The number of carbonyl (C=O) groups is 3. The van der Waals surface area contributed by atoms with E-state index in [2.05, 4.69) is 21.3 Å². The van der Waals surface area contributed by atoms with Crippen molar-refractivity contribution in [3.63, 3.8) is 0 Å². The van der Waals surface area contributed by atoms with Crippen LogP contribution in [0.2, 0.25) is 0 Å². The predicted octanol–water partition coefficient (Wildman–Crippen LogP) is 0.835. The molecular formula is C15H20N4O3. The molecule has 0 radical (unpaired) electrons. The van der Waals surface area contributed by atoms with E-state index in [0.29, 0.717) is 17.3 Å². The van der Waals surface area contributed by atoms with Crippen LogP contribution < -0.4 is 21.3 Å². The number of carbonyl (C=O) groups excluding carboxylic acids is 3. The molecule has 118 valence electrons. The molecule has 1 fully saturated rings. The third-order valence-electron chi connectivity index (χ3n) is 3.30. The minimum Gasteiger partial charge on any atom is -0.374 e. The zero-order valence-electron chi connectivity index (χ0n) is 12.6. The number of benzene rings is 1. The number of urea groups is 1. The van der Waals surface area contributed by atoms with Gasteiger partial charge in [0.05, 0.1) is 0 Å². The quantitative estimate of drug-likeness (QED) is 0.647. The molecular weight excluding hydrogens is 284 g/mol. The second kappa shape index (κ2) is 6.93. The summed E-state index contributed by atoms with van der Waals surface area (Å²) in [5, 5.41) is 10.4. The van der Waals surface area contributed by atoms with Crippen LogP contribution in [0.15, 0.2) is 24.3 Å². The van der Waals surface area contributed by atoms with Gasteiger partial charge < -0.3 is 16.0 Å². The van der Waals surface area contributed by atoms with E-state index in [0.717, 1.165) is 12.8 Å². The summed E-state index contributed by atoms with van der Waals surface area (Å²) in [6.07, 6.45) is 2.09. The van der Waals surface area contributed by atoms with Crippen LogP contribution in [0.25, 0.3) is 0 Å². The van der Waals surface area contributed by atoms with E-state index in [1.165, 1.54) is 7.05 Å². The van der Waals surface area contributed by atoms with Crippen molar-refractivity contribution in [3.8, 4) is 0 Å². The van der Waals surface area contributed by atoms with Crippen LogP contribution in [0, 0.1) is 0 Å². The molecule has 0 bridgehead atoms. The summed E-state index contributed by atoms with van der Waals surface area (Å²) < 4.78 is 0. The number of rotatable bonds is 5. The molecule has 4 N–H and O–H groups in total. The molecule has 4 amide bonds. The fraction of sp³-hybridized carbons (Fsp3) is 0.400. The number of amides is 4. The number of hydrogen-bond donors (Lipinski definition) is 4. The molecule has 1 aliphatic carbocycles. The Morgan fingerprint density at radius 3 is 2.32 bits per heavy atom. The maximum absolute atomic E-state index is 11.9. The molecule has 1 aromatic rings. The molecule has 2 rings (SSSR count). The van der Waals surface area contributed by atoms with Crippen molar-refractivity contribution in [2.75, 3.05) is 12.4 Å². The van der Waals surface area contributed by atoms with Gasteiger partial charge in [-0.25, -0.2) is 4.79 Å². The summed E-state index contributed by atoms with van der Waals surface area (Å²) in [7, 11) is 1.44. The zero-order chi connectivity index (χ0) is 16.1. The Labute approximate surface area is 128 Å². The number of hydrogen-bond acceptors (Lipinski definition) is 4. The summed E-state index contributed by atoms with van der Waals surface area (Å²) in [5.41, 5.74) is 1.28. The van der Waals surface area contributed by atoms with Crippen LogP contribution in [-0.4, -0.2) is 37.0 Å². The van der Waals surface area contributed by atoms with E-state index in [4.69, 9.17) is 0 Å². The molecule has 1 aliphatic rings. The molecule has 0 spiro atoms. The van der Waals surface area contributed by atoms with E-state index in [1.54, 1.807) is 31.2 Å². The average Bonchev–Trinajstić information content (AvgIpc) is 3.31. The second-order valence-electron chi connectivity index (χ2n) is 5.26. The SMILES string of the molecule is CNC(=O)NC(=O)C(C)Nc1ccc(C(=O)NC2CC2)cc1. The van der Waals surface area contributed by atoms with Crippen LogP contribution in [0.1, 0.15) is 30.1 Å². The highest BCUT2D eigenvalue weighted by atomic mass is 16.2. The standard InChI is InChI=1S/C15H20N4O3/c1-9(13(20)19-15(22)16-2)17-11-5-3-10(4-6-11)14(21)18-12-7-8-12/h3-6,9,12,17H,7-8H2,1-2H3,(H,18,21)(H2,16,19,20,22). The van der Waals surface area contributed by atoms with Crippen molar-refractivity contribution in [3.05, 3.63) is 29.8 Å². The summed E-state index contributed by atoms with van der Waals surface area (Å²) in [5.74, 6) is -0.519. The normalized spacial score (nSPS) is 14.6. The fourth-order valence-electron chi connectivity index (χ4n) is 1.81. The molecule has 7 heteroatoms. The van der Waals surface area contributed by atoms with E-state index in [9.17, 15) is 14.4 Å². The van der Waals surface area contributed by atoms with Crippen LogP contribution >= 0.6 is 0 Å². The molecule has 7 nitrogen and oxygen atoms in total. The van der Waals surface area contributed by atoms with Crippen molar-refractivity contribution in [1.29, 1.82) is 0 Å². The lowest BCUT2D eigenvalue weighted by Gasteiger charge is -2.14.